The lowest BCUT2D eigenvalue weighted by molar-refractivity contribution is -0.141. The highest BCUT2D eigenvalue weighted by Gasteiger charge is 2.37. The van der Waals surface area contributed by atoms with E-state index in [4.69, 9.17) is 12.2 Å². The van der Waals surface area contributed by atoms with Gasteiger partial charge in [-0.05, 0) is 25.1 Å². The van der Waals surface area contributed by atoms with E-state index in [2.05, 4.69) is 0 Å². The predicted molar refractivity (Wildman–Crippen MR) is 63.7 cm³/mol. The second-order valence-corrected chi connectivity index (χ2v) is 4.83. The van der Waals surface area contributed by atoms with Crippen LogP contribution in [-0.2, 0) is 9.59 Å². The normalized spacial score (nSPS) is 24.2. The van der Waals surface area contributed by atoms with Crippen molar-refractivity contribution in [2.45, 2.75) is 44.6 Å². The molecular weight excluding hydrogens is 224 g/mol. The molecule has 1 aliphatic carbocycles. The van der Waals surface area contributed by atoms with E-state index in [1.165, 1.54) is 11.3 Å². The first-order valence-electron chi connectivity index (χ1n) is 5.74. The summed E-state index contributed by atoms with van der Waals surface area (Å²) in [5.74, 6) is -0.318. The fraction of sp³-hybridized carbons (Fsp3) is 0.727. The third-order valence-corrected chi connectivity index (χ3v) is 3.85. The first kappa shape index (κ1) is 11.5. The van der Waals surface area contributed by atoms with E-state index in [0.29, 0.717) is 5.11 Å². The molecular formula is C11H16N2O2S. The molecule has 0 radical (unpaired) electrons. The summed E-state index contributed by atoms with van der Waals surface area (Å²) in [4.78, 5) is 26.4. The Hall–Kier alpha value is -0.970. The molecule has 4 nitrogen and oxygen atoms in total. The summed E-state index contributed by atoms with van der Waals surface area (Å²) in [6.07, 6.45) is 5.51. The summed E-state index contributed by atoms with van der Waals surface area (Å²) in [5, 5.41) is 0.383. The minimum absolute atomic E-state index is 0.0346. The molecule has 2 amide bonds. The van der Waals surface area contributed by atoms with Crippen LogP contribution >= 0.6 is 12.2 Å². The number of nitrogens with zero attached hydrogens (tertiary/aromatic N) is 2. The minimum atomic E-state index is -0.193. The lowest BCUT2D eigenvalue weighted by Crippen LogP contribution is -2.57. The van der Waals surface area contributed by atoms with Gasteiger partial charge in [0.25, 0.3) is 0 Å². The largest absolute Gasteiger partial charge is 0.292 e. The zero-order chi connectivity index (χ0) is 11.7. The van der Waals surface area contributed by atoms with Gasteiger partial charge in [0.15, 0.2) is 5.11 Å². The van der Waals surface area contributed by atoms with E-state index in [-0.39, 0.29) is 24.3 Å². The molecule has 0 N–H and O–H groups in total. The highest BCUT2D eigenvalue weighted by atomic mass is 32.1. The fourth-order valence-electron chi connectivity index (χ4n) is 2.41. The zero-order valence-corrected chi connectivity index (χ0v) is 10.3. The van der Waals surface area contributed by atoms with Crippen LogP contribution in [0.5, 0.6) is 0 Å². The molecule has 2 fully saturated rings. The molecule has 1 heterocycles. The molecule has 2 aliphatic rings. The zero-order valence-electron chi connectivity index (χ0n) is 9.44. The molecule has 0 atom stereocenters. The topological polar surface area (TPSA) is 40.6 Å². The van der Waals surface area contributed by atoms with Gasteiger partial charge >= 0.3 is 0 Å². The SMILES string of the molecule is CN1C(=O)CC(=O)N(C2CCCCC2)C1=S. The van der Waals surface area contributed by atoms with Crippen LogP contribution in [0.25, 0.3) is 0 Å². The van der Waals surface area contributed by atoms with Gasteiger partial charge in [-0.15, -0.1) is 0 Å². The average molecular weight is 240 g/mol. The Kier molecular flexibility index (Phi) is 3.23. The fourth-order valence-corrected chi connectivity index (χ4v) is 2.76. The number of hydrogen-bond donors (Lipinski definition) is 0. The number of rotatable bonds is 1. The Bertz CT molecular complexity index is 337. The number of hydrogen-bond acceptors (Lipinski definition) is 3. The van der Waals surface area contributed by atoms with Gasteiger partial charge in [-0.2, -0.15) is 0 Å². The van der Waals surface area contributed by atoms with Gasteiger partial charge in [0, 0.05) is 13.1 Å². The lowest BCUT2D eigenvalue weighted by Gasteiger charge is -2.39. The van der Waals surface area contributed by atoms with Crippen molar-refractivity contribution in [3.8, 4) is 0 Å². The Morgan fingerprint density at radius 2 is 1.75 bits per heavy atom. The van der Waals surface area contributed by atoms with Crippen LogP contribution < -0.4 is 0 Å². The second kappa shape index (κ2) is 4.49. The van der Waals surface area contributed by atoms with E-state index in [9.17, 15) is 9.59 Å². The molecule has 1 aliphatic heterocycles. The lowest BCUT2D eigenvalue weighted by atomic mass is 9.94. The number of amides is 2. The van der Waals surface area contributed by atoms with E-state index in [1.54, 1.807) is 11.9 Å². The molecule has 0 aromatic rings. The molecule has 0 unspecified atom stereocenters. The summed E-state index contributed by atoms with van der Waals surface area (Å²) < 4.78 is 0. The van der Waals surface area contributed by atoms with Crippen molar-refractivity contribution in [1.29, 1.82) is 0 Å². The van der Waals surface area contributed by atoms with Crippen molar-refractivity contribution in [2.24, 2.45) is 0 Å². The van der Waals surface area contributed by atoms with Crippen molar-refractivity contribution in [3.63, 3.8) is 0 Å². The molecule has 16 heavy (non-hydrogen) atoms. The van der Waals surface area contributed by atoms with Gasteiger partial charge in [-0.1, -0.05) is 19.3 Å². The molecule has 88 valence electrons. The van der Waals surface area contributed by atoms with Gasteiger partial charge in [0.1, 0.15) is 6.42 Å². The molecule has 0 aromatic carbocycles. The van der Waals surface area contributed by atoms with Crippen LogP contribution in [0, 0.1) is 0 Å². The minimum Gasteiger partial charge on any atom is -0.292 e. The third-order valence-electron chi connectivity index (χ3n) is 3.38. The number of carbonyl (C=O) groups excluding carboxylic acids is 2. The van der Waals surface area contributed by atoms with Crippen molar-refractivity contribution >= 4 is 29.1 Å². The summed E-state index contributed by atoms with van der Waals surface area (Å²) in [5.41, 5.74) is 0. The van der Waals surface area contributed by atoms with Crippen molar-refractivity contribution in [1.82, 2.24) is 9.80 Å². The highest BCUT2D eigenvalue weighted by molar-refractivity contribution is 7.80. The van der Waals surface area contributed by atoms with Crippen LogP contribution in [0.3, 0.4) is 0 Å². The van der Waals surface area contributed by atoms with E-state index >= 15 is 0 Å². The Morgan fingerprint density at radius 3 is 2.38 bits per heavy atom. The third kappa shape index (κ3) is 1.96. The van der Waals surface area contributed by atoms with Gasteiger partial charge in [0.05, 0.1) is 0 Å². The maximum atomic E-state index is 11.9. The van der Waals surface area contributed by atoms with Crippen LogP contribution in [0.2, 0.25) is 0 Å². The quantitative estimate of drug-likeness (QED) is 0.512. The first-order valence-corrected chi connectivity index (χ1v) is 6.14. The van der Waals surface area contributed by atoms with E-state index in [1.807, 2.05) is 0 Å². The maximum absolute atomic E-state index is 11.9. The predicted octanol–water partition coefficient (Wildman–Crippen LogP) is 1.29. The van der Waals surface area contributed by atoms with E-state index < -0.39 is 0 Å². The summed E-state index contributed by atoms with van der Waals surface area (Å²) >= 11 is 5.19. The standard InChI is InChI=1S/C11H16N2O2S/c1-12-9(14)7-10(15)13(11(12)16)8-5-3-2-4-6-8/h8H,2-7H2,1H3. The monoisotopic (exact) mass is 240 g/mol. The van der Waals surface area contributed by atoms with Gasteiger partial charge in [-0.3, -0.25) is 19.4 Å². The van der Waals surface area contributed by atoms with Crippen molar-refractivity contribution < 1.29 is 9.59 Å². The van der Waals surface area contributed by atoms with Gasteiger partial charge in [0.2, 0.25) is 11.8 Å². The van der Waals surface area contributed by atoms with Crippen molar-refractivity contribution in [2.75, 3.05) is 7.05 Å². The Morgan fingerprint density at radius 1 is 1.12 bits per heavy atom. The average Bonchev–Trinajstić information content (AvgIpc) is 2.28. The molecule has 0 aromatic heterocycles. The second-order valence-electron chi connectivity index (χ2n) is 4.47. The molecule has 0 bridgehead atoms. The van der Waals surface area contributed by atoms with Crippen LogP contribution in [0.15, 0.2) is 0 Å². The molecule has 1 saturated carbocycles. The molecule has 5 heteroatoms. The van der Waals surface area contributed by atoms with Crippen LogP contribution in [0.4, 0.5) is 0 Å². The maximum Gasteiger partial charge on any atom is 0.238 e. The summed E-state index contributed by atoms with van der Waals surface area (Å²) in [6.45, 7) is 0. The Labute approximate surface area is 101 Å². The Balaban J connectivity index is 2.15. The smallest absolute Gasteiger partial charge is 0.238 e. The number of carbonyl (C=O) groups is 2. The van der Waals surface area contributed by atoms with Crippen LogP contribution in [0.1, 0.15) is 38.5 Å². The van der Waals surface area contributed by atoms with Gasteiger partial charge < -0.3 is 0 Å². The van der Waals surface area contributed by atoms with E-state index in [0.717, 1.165) is 25.7 Å². The highest BCUT2D eigenvalue weighted by Crippen LogP contribution is 2.26. The van der Waals surface area contributed by atoms with Crippen LogP contribution in [-0.4, -0.2) is 39.8 Å². The van der Waals surface area contributed by atoms with Crippen molar-refractivity contribution in [3.05, 3.63) is 0 Å². The molecule has 2 rings (SSSR count). The van der Waals surface area contributed by atoms with Gasteiger partial charge in [-0.25, -0.2) is 0 Å². The number of thiocarbonyl (C=S) groups is 1. The first-order chi connectivity index (χ1) is 7.61. The summed E-state index contributed by atoms with van der Waals surface area (Å²) in [6, 6.07) is 0.212. The molecule has 1 saturated heterocycles. The summed E-state index contributed by atoms with van der Waals surface area (Å²) in [7, 11) is 1.65. The molecule has 0 spiro atoms.